The average molecular weight is 394 g/mol. The maximum Gasteiger partial charge on any atom is 0.339 e. The number of carbonyl (C=O) groups is 2. The summed E-state index contributed by atoms with van der Waals surface area (Å²) in [5, 5.41) is 20.2. The normalized spacial score (nSPS) is 19.0. The van der Waals surface area contributed by atoms with Gasteiger partial charge in [-0.1, -0.05) is 56.3 Å². The molecule has 3 atom stereocenters. The van der Waals surface area contributed by atoms with E-state index < -0.39 is 29.5 Å². The first kappa shape index (κ1) is 20.6. The Labute approximate surface area is 170 Å². The number of carbonyl (C=O) groups excluding carboxylic acids is 2. The van der Waals surface area contributed by atoms with Gasteiger partial charge in [-0.3, -0.25) is 4.79 Å². The van der Waals surface area contributed by atoms with Gasteiger partial charge in [-0.2, -0.15) is 0 Å². The van der Waals surface area contributed by atoms with Crippen molar-refractivity contribution >= 4 is 11.8 Å². The first-order chi connectivity index (χ1) is 14.0. The number of phenols is 1. The van der Waals surface area contributed by atoms with E-state index in [9.17, 15) is 19.8 Å². The van der Waals surface area contributed by atoms with E-state index in [0.717, 1.165) is 11.1 Å². The minimum Gasteiger partial charge on any atom is -0.508 e. The quantitative estimate of drug-likeness (QED) is 0.678. The van der Waals surface area contributed by atoms with Gasteiger partial charge in [0, 0.05) is 11.8 Å². The summed E-state index contributed by atoms with van der Waals surface area (Å²) in [5.41, 5.74) is 1.77. The maximum absolute atomic E-state index is 13.0. The van der Waals surface area contributed by atoms with Crippen molar-refractivity contribution in [2.24, 2.45) is 5.92 Å². The summed E-state index contributed by atoms with van der Waals surface area (Å²) in [4.78, 5) is 25.8. The summed E-state index contributed by atoms with van der Waals surface area (Å²) in [6, 6.07) is 16.1. The molecule has 0 saturated heterocycles. The van der Waals surface area contributed by atoms with Crippen molar-refractivity contribution in [3.63, 3.8) is 0 Å². The van der Waals surface area contributed by atoms with Crippen LogP contribution in [0.4, 0.5) is 0 Å². The number of ether oxygens (including phenoxy) is 1. The van der Waals surface area contributed by atoms with E-state index in [1.54, 1.807) is 12.1 Å². The fourth-order valence-electron chi connectivity index (χ4n) is 3.91. The Kier molecular flexibility index (Phi) is 6.37. The standard InChI is InChI=1S/C24H26O5/c1-3-16(14-15-8-6-5-7-9-15)23-22(27)21(26)20(24(28)29-23)19(4-2)17-10-12-18(25)13-11-17/h5-13,16,19,23,25-26H,3-4,14H2,1-2H3/t16?,19?,23-/m1/s1. The number of cyclic esters (lactones) is 1. The number of phenolic OH excluding ortho intramolecular Hbond substituents is 1. The summed E-state index contributed by atoms with van der Waals surface area (Å²) in [7, 11) is 0. The van der Waals surface area contributed by atoms with Gasteiger partial charge in [0.1, 0.15) is 5.75 Å². The van der Waals surface area contributed by atoms with Crippen LogP contribution in [-0.4, -0.2) is 28.1 Å². The van der Waals surface area contributed by atoms with Gasteiger partial charge < -0.3 is 14.9 Å². The van der Waals surface area contributed by atoms with Crippen LogP contribution in [0.3, 0.4) is 0 Å². The number of aromatic hydroxyl groups is 1. The summed E-state index contributed by atoms with van der Waals surface area (Å²) in [6.07, 6.45) is 0.724. The largest absolute Gasteiger partial charge is 0.508 e. The van der Waals surface area contributed by atoms with E-state index in [1.165, 1.54) is 12.1 Å². The minimum atomic E-state index is -0.992. The molecule has 5 nitrogen and oxygen atoms in total. The highest BCUT2D eigenvalue weighted by Crippen LogP contribution is 2.36. The van der Waals surface area contributed by atoms with E-state index in [4.69, 9.17) is 4.74 Å². The van der Waals surface area contributed by atoms with Crippen LogP contribution in [0, 0.1) is 5.92 Å². The van der Waals surface area contributed by atoms with E-state index in [1.807, 2.05) is 44.2 Å². The van der Waals surface area contributed by atoms with Crippen molar-refractivity contribution in [1.29, 1.82) is 0 Å². The number of Topliss-reactive ketones (excluding diaryl/α,β-unsaturated/α-hetero) is 1. The zero-order chi connectivity index (χ0) is 21.0. The molecular weight excluding hydrogens is 368 g/mol. The third-order valence-electron chi connectivity index (χ3n) is 5.55. The van der Waals surface area contributed by atoms with Crippen molar-refractivity contribution in [1.82, 2.24) is 0 Å². The van der Waals surface area contributed by atoms with E-state index in [0.29, 0.717) is 19.3 Å². The number of hydrogen-bond acceptors (Lipinski definition) is 5. The van der Waals surface area contributed by atoms with Crippen LogP contribution in [0.25, 0.3) is 0 Å². The third-order valence-corrected chi connectivity index (χ3v) is 5.55. The van der Waals surface area contributed by atoms with Gasteiger partial charge in [0.2, 0.25) is 5.78 Å². The van der Waals surface area contributed by atoms with Crippen molar-refractivity contribution in [2.75, 3.05) is 0 Å². The molecule has 0 bridgehead atoms. The Morgan fingerprint density at radius 2 is 1.59 bits per heavy atom. The monoisotopic (exact) mass is 394 g/mol. The molecule has 0 spiro atoms. The fraction of sp³-hybridized carbons (Fsp3) is 0.333. The Morgan fingerprint density at radius 3 is 2.17 bits per heavy atom. The topological polar surface area (TPSA) is 83.8 Å². The maximum atomic E-state index is 13.0. The second-order valence-corrected chi connectivity index (χ2v) is 7.36. The summed E-state index contributed by atoms with van der Waals surface area (Å²) in [6.45, 7) is 3.81. The highest BCUT2D eigenvalue weighted by atomic mass is 16.6. The lowest BCUT2D eigenvalue weighted by Gasteiger charge is -2.31. The summed E-state index contributed by atoms with van der Waals surface area (Å²) in [5.74, 6) is -2.29. The van der Waals surface area contributed by atoms with Crippen LogP contribution < -0.4 is 0 Å². The highest BCUT2D eigenvalue weighted by molar-refractivity contribution is 6.09. The molecule has 2 N–H and O–H groups in total. The smallest absolute Gasteiger partial charge is 0.339 e. The van der Waals surface area contributed by atoms with Gasteiger partial charge in [-0.05, 0) is 42.5 Å². The molecule has 152 valence electrons. The number of benzene rings is 2. The Balaban J connectivity index is 1.90. The molecule has 0 fully saturated rings. The molecule has 1 aliphatic heterocycles. The molecule has 2 aromatic rings. The predicted octanol–water partition coefficient (Wildman–Crippen LogP) is 4.46. The van der Waals surface area contributed by atoms with Crippen molar-refractivity contribution < 1.29 is 24.5 Å². The van der Waals surface area contributed by atoms with Crippen LogP contribution in [-0.2, 0) is 20.7 Å². The molecule has 0 saturated carbocycles. The van der Waals surface area contributed by atoms with Crippen LogP contribution in [0.15, 0.2) is 65.9 Å². The fourth-order valence-corrected chi connectivity index (χ4v) is 3.91. The van der Waals surface area contributed by atoms with Crippen LogP contribution in [0.5, 0.6) is 5.75 Å². The van der Waals surface area contributed by atoms with Gasteiger partial charge in [0.05, 0.1) is 5.57 Å². The van der Waals surface area contributed by atoms with Crippen molar-refractivity contribution in [3.8, 4) is 5.75 Å². The Morgan fingerprint density at radius 1 is 0.931 bits per heavy atom. The van der Waals surface area contributed by atoms with Gasteiger partial charge in [-0.15, -0.1) is 0 Å². The zero-order valence-corrected chi connectivity index (χ0v) is 16.7. The van der Waals surface area contributed by atoms with Gasteiger partial charge in [0.15, 0.2) is 11.9 Å². The molecule has 29 heavy (non-hydrogen) atoms. The van der Waals surface area contributed by atoms with Crippen LogP contribution in [0.1, 0.15) is 43.7 Å². The van der Waals surface area contributed by atoms with Gasteiger partial charge >= 0.3 is 5.97 Å². The lowest BCUT2D eigenvalue weighted by molar-refractivity contribution is -0.158. The number of ketones is 1. The zero-order valence-electron chi connectivity index (χ0n) is 16.7. The first-order valence-electron chi connectivity index (χ1n) is 9.97. The molecule has 3 rings (SSSR count). The molecule has 1 heterocycles. The molecule has 1 aliphatic rings. The molecule has 5 heteroatoms. The number of hydrogen-bond donors (Lipinski definition) is 2. The molecular formula is C24H26O5. The minimum absolute atomic E-state index is 0.00555. The lowest BCUT2D eigenvalue weighted by Crippen LogP contribution is -2.42. The van der Waals surface area contributed by atoms with E-state index in [-0.39, 0.29) is 17.2 Å². The Hall–Kier alpha value is -3.08. The van der Waals surface area contributed by atoms with Crippen molar-refractivity contribution in [3.05, 3.63) is 77.1 Å². The molecule has 0 radical (unpaired) electrons. The predicted molar refractivity (Wildman–Crippen MR) is 110 cm³/mol. The molecule has 0 aromatic heterocycles. The number of esters is 1. The average Bonchev–Trinajstić information content (AvgIpc) is 2.74. The summed E-state index contributed by atoms with van der Waals surface area (Å²) < 4.78 is 5.58. The molecule has 2 unspecified atom stereocenters. The molecule has 2 aromatic carbocycles. The number of aliphatic hydroxyl groups is 1. The lowest BCUT2D eigenvalue weighted by atomic mass is 9.82. The first-order valence-corrected chi connectivity index (χ1v) is 9.97. The van der Waals surface area contributed by atoms with Gasteiger partial charge in [-0.25, -0.2) is 4.79 Å². The Bertz CT molecular complexity index is 899. The van der Waals surface area contributed by atoms with Crippen LogP contribution >= 0.6 is 0 Å². The number of rotatable bonds is 7. The number of aliphatic hydroxyl groups excluding tert-OH is 1. The molecule has 0 aliphatic carbocycles. The van der Waals surface area contributed by atoms with Crippen molar-refractivity contribution in [2.45, 2.75) is 45.1 Å². The molecule has 0 amide bonds. The van der Waals surface area contributed by atoms with E-state index in [2.05, 4.69) is 0 Å². The highest BCUT2D eigenvalue weighted by Gasteiger charge is 2.42. The third kappa shape index (κ3) is 4.34. The SMILES string of the molecule is CCC(C1=C(O)C(=O)[C@@H](C(CC)Cc2ccccc2)OC1=O)c1ccc(O)cc1. The summed E-state index contributed by atoms with van der Waals surface area (Å²) >= 11 is 0. The second-order valence-electron chi connectivity index (χ2n) is 7.36. The van der Waals surface area contributed by atoms with Crippen LogP contribution in [0.2, 0.25) is 0 Å². The van der Waals surface area contributed by atoms with E-state index >= 15 is 0 Å². The second kappa shape index (κ2) is 8.95. The van der Waals surface area contributed by atoms with Gasteiger partial charge in [0.25, 0.3) is 0 Å².